The van der Waals surface area contributed by atoms with Gasteiger partial charge in [0.1, 0.15) is 5.82 Å². The third-order valence-electron chi connectivity index (χ3n) is 6.87. The van der Waals surface area contributed by atoms with E-state index in [2.05, 4.69) is 15.3 Å². The van der Waals surface area contributed by atoms with Crippen LogP contribution in [0.2, 0.25) is 0 Å². The van der Waals surface area contributed by atoms with Crippen molar-refractivity contribution in [2.75, 3.05) is 6.54 Å². The Hall–Kier alpha value is -3.87. The summed E-state index contributed by atoms with van der Waals surface area (Å²) >= 11 is 0. The van der Waals surface area contributed by atoms with E-state index in [4.69, 9.17) is 0 Å². The van der Waals surface area contributed by atoms with E-state index in [1.54, 1.807) is 42.9 Å². The van der Waals surface area contributed by atoms with Gasteiger partial charge < -0.3 is 20.5 Å². The molecule has 0 atom stereocenters. The van der Waals surface area contributed by atoms with Gasteiger partial charge in [0, 0.05) is 41.6 Å². The third-order valence-corrected chi connectivity index (χ3v) is 6.87. The number of phenolic OH excluding ortho intramolecular Hbond substituents is 2. The van der Waals surface area contributed by atoms with Gasteiger partial charge in [0.15, 0.2) is 11.5 Å². The van der Waals surface area contributed by atoms with Crippen LogP contribution in [0.25, 0.3) is 22.0 Å². The highest BCUT2D eigenvalue weighted by Crippen LogP contribution is 2.39. The minimum atomic E-state index is -0.252. The van der Waals surface area contributed by atoms with E-state index in [1.165, 1.54) is 12.1 Å². The summed E-state index contributed by atoms with van der Waals surface area (Å²) in [5.41, 5.74) is 3.31. The summed E-state index contributed by atoms with van der Waals surface area (Å²) < 4.78 is 13.8. The van der Waals surface area contributed by atoms with Crippen LogP contribution in [0, 0.1) is 11.7 Å². The van der Waals surface area contributed by atoms with Crippen molar-refractivity contribution in [2.24, 2.45) is 5.92 Å². The van der Waals surface area contributed by atoms with Crippen molar-refractivity contribution < 1.29 is 19.4 Å². The van der Waals surface area contributed by atoms with Crippen molar-refractivity contribution in [3.63, 3.8) is 0 Å². The van der Waals surface area contributed by atoms with Crippen LogP contribution in [0.5, 0.6) is 11.5 Å². The highest BCUT2D eigenvalue weighted by Gasteiger charge is 2.25. The number of phenols is 2. The Morgan fingerprint density at radius 3 is 2.71 bits per heavy atom. The van der Waals surface area contributed by atoms with Crippen LogP contribution in [0.4, 0.5) is 4.39 Å². The van der Waals surface area contributed by atoms with Crippen LogP contribution >= 0.6 is 0 Å². The van der Waals surface area contributed by atoms with Crippen LogP contribution in [0.3, 0.4) is 0 Å². The number of halogens is 1. The summed E-state index contributed by atoms with van der Waals surface area (Å²) in [6.45, 7) is 0.563. The first-order chi connectivity index (χ1) is 16.5. The van der Waals surface area contributed by atoms with Crippen LogP contribution in [-0.4, -0.2) is 32.6 Å². The van der Waals surface area contributed by atoms with Crippen molar-refractivity contribution in [3.05, 3.63) is 78.0 Å². The van der Waals surface area contributed by atoms with E-state index in [9.17, 15) is 19.4 Å². The summed E-state index contributed by atoms with van der Waals surface area (Å²) in [5, 5.41) is 23.9. The lowest BCUT2D eigenvalue weighted by molar-refractivity contribution is 0.0943. The monoisotopic (exact) mass is 459 g/mol. The lowest BCUT2D eigenvalue weighted by Crippen LogP contribution is -2.31. The molecule has 1 aliphatic rings. The molecule has 0 bridgehead atoms. The van der Waals surface area contributed by atoms with Gasteiger partial charge >= 0.3 is 0 Å². The molecule has 0 radical (unpaired) electrons. The molecular formula is C27H26FN3O3. The second kappa shape index (κ2) is 9.17. The SMILES string of the molecule is O=C(NCC1CCC(c2ccnc3ccc(F)cc23)CC1)c1c[nH]cc1-c1cccc(O)c1O. The second-order valence-electron chi connectivity index (χ2n) is 8.95. The number of H-pyrrole nitrogens is 1. The molecule has 34 heavy (non-hydrogen) atoms. The Kier molecular flexibility index (Phi) is 5.92. The number of fused-ring (bicyclic) bond motifs is 1. The number of carbonyl (C=O) groups is 1. The quantitative estimate of drug-likeness (QED) is 0.297. The molecule has 1 saturated carbocycles. The number of benzene rings is 2. The molecule has 0 unspecified atom stereocenters. The van der Waals surface area contributed by atoms with Crippen LogP contribution < -0.4 is 5.32 Å². The van der Waals surface area contributed by atoms with Gasteiger partial charge in [-0.15, -0.1) is 0 Å². The van der Waals surface area contributed by atoms with Crippen molar-refractivity contribution >= 4 is 16.8 Å². The Labute approximate surface area is 196 Å². The first-order valence-electron chi connectivity index (χ1n) is 11.5. The first-order valence-corrected chi connectivity index (χ1v) is 11.5. The Balaban J connectivity index is 1.22. The number of amides is 1. The molecule has 7 heteroatoms. The fourth-order valence-electron chi connectivity index (χ4n) is 5.03. The maximum absolute atomic E-state index is 13.8. The fourth-order valence-corrected chi connectivity index (χ4v) is 5.03. The molecule has 0 spiro atoms. The van der Waals surface area contributed by atoms with Crippen molar-refractivity contribution in [1.82, 2.24) is 15.3 Å². The van der Waals surface area contributed by atoms with E-state index in [0.29, 0.717) is 35.1 Å². The zero-order chi connectivity index (χ0) is 23.7. The van der Waals surface area contributed by atoms with Gasteiger partial charge in [0.05, 0.1) is 11.1 Å². The lowest BCUT2D eigenvalue weighted by Gasteiger charge is -2.29. The summed E-state index contributed by atoms with van der Waals surface area (Å²) in [7, 11) is 0. The predicted octanol–water partition coefficient (Wildman–Crippen LogP) is 5.48. The smallest absolute Gasteiger partial charge is 0.253 e. The standard InChI is InChI=1S/C27H26FN3O3/c28-18-8-9-24-21(12-18)19(10-11-30-24)17-6-4-16(5-7-17)13-31-27(34)23-15-29-14-22(23)20-2-1-3-25(32)26(20)33/h1-3,8-12,14-17,29,32-33H,4-7,13H2,(H,31,34). The largest absolute Gasteiger partial charge is 0.504 e. The highest BCUT2D eigenvalue weighted by atomic mass is 19.1. The zero-order valence-electron chi connectivity index (χ0n) is 18.6. The molecular weight excluding hydrogens is 433 g/mol. The summed E-state index contributed by atoms with van der Waals surface area (Å²) in [6, 6.07) is 11.4. The molecule has 1 aliphatic carbocycles. The van der Waals surface area contributed by atoms with Crippen LogP contribution in [-0.2, 0) is 0 Å². The first kappa shape index (κ1) is 21.9. The van der Waals surface area contributed by atoms with Gasteiger partial charge in [-0.3, -0.25) is 9.78 Å². The Morgan fingerprint density at radius 1 is 1.06 bits per heavy atom. The van der Waals surface area contributed by atoms with Crippen molar-refractivity contribution in [3.8, 4) is 22.6 Å². The molecule has 1 fully saturated rings. The van der Waals surface area contributed by atoms with Gasteiger partial charge in [-0.25, -0.2) is 4.39 Å². The number of aromatic nitrogens is 2. The predicted molar refractivity (Wildman–Crippen MR) is 128 cm³/mol. The number of nitrogens with zero attached hydrogens (tertiary/aromatic N) is 1. The minimum Gasteiger partial charge on any atom is -0.504 e. The number of hydrogen-bond donors (Lipinski definition) is 4. The van der Waals surface area contributed by atoms with E-state index >= 15 is 0 Å². The summed E-state index contributed by atoms with van der Waals surface area (Å²) in [5.74, 6) is -0.242. The number of aromatic amines is 1. The van der Waals surface area contributed by atoms with E-state index in [-0.39, 0.29) is 23.2 Å². The number of para-hydroxylation sites is 1. The van der Waals surface area contributed by atoms with Crippen LogP contribution in [0.15, 0.2) is 61.1 Å². The molecule has 0 saturated heterocycles. The van der Waals surface area contributed by atoms with E-state index in [1.807, 2.05) is 6.07 Å². The van der Waals surface area contributed by atoms with Gasteiger partial charge in [-0.05, 0) is 73.4 Å². The number of carbonyl (C=O) groups excluding carboxylic acids is 1. The molecule has 4 N–H and O–H groups in total. The molecule has 174 valence electrons. The maximum atomic E-state index is 13.8. The fraction of sp³-hybridized carbons (Fsp3) is 0.259. The lowest BCUT2D eigenvalue weighted by atomic mass is 9.78. The Morgan fingerprint density at radius 2 is 1.88 bits per heavy atom. The average molecular weight is 460 g/mol. The molecule has 1 amide bonds. The number of pyridine rings is 1. The minimum absolute atomic E-state index is 0.225. The topological polar surface area (TPSA) is 98.2 Å². The number of hydrogen-bond acceptors (Lipinski definition) is 4. The zero-order valence-corrected chi connectivity index (χ0v) is 18.6. The van der Waals surface area contributed by atoms with Gasteiger partial charge in [-0.1, -0.05) is 12.1 Å². The average Bonchev–Trinajstić information content (AvgIpc) is 3.34. The summed E-state index contributed by atoms with van der Waals surface area (Å²) in [6.07, 6.45) is 8.91. The van der Waals surface area contributed by atoms with E-state index in [0.717, 1.165) is 42.1 Å². The summed E-state index contributed by atoms with van der Waals surface area (Å²) in [4.78, 5) is 20.2. The van der Waals surface area contributed by atoms with Crippen molar-refractivity contribution in [2.45, 2.75) is 31.6 Å². The van der Waals surface area contributed by atoms with Gasteiger partial charge in [-0.2, -0.15) is 0 Å². The molecule has 5 rings (SSSR count). The normalized spacial score (nSPS) is 18.1. The molecule has 4 aromatic rings. The molecule has 2 aromatic carbocycles. The number of aromatic hydroxyl groups is 2. The van der Waals surface area contributed by atoms with Gasteiger partial charge in [0.2, 0.25) is 0 Å². The van der Waals surface area contributed by atoms with E-state index < -0.39 is 0 Å². The van der Waals surface area contributed by atoms with Gasteiger partial charge in [0.25, 0.3) is 5.91 Å². The third kappa shape index (κ3) is 4.21. The molecule has 6 nitrogen and oxygen atoms in total. The van der Waals surface area contributed by atoms with Crippen molar-refractivity contribution in [1.29, 1.82) is 0 Å². The Bertz CT molecular complexity index is 1340. The molecule has 2 aromatic heterocycles. The molecule has 0 aliphatic heterocycles. The number of rotatable bonds is 5. The van der Waals surface area contributed by atoms with Crippen LogP contribution in [0.1, 0.15) is 47.5 Å². The second-order valence-corrected chi connectivity index (χ2v) is 8.95. The maximum Gasteiger partial charge on any atom is 0.253 e. The number of nitrogens with one attached hydrogen (secondary N) is 2. The molecule has 2 heterocycles. The highest BCUT2D eigenvalue weighted by molar-refractivity contribution is 6.01.